The zero-order valence-electron chi connectivity index (χ0n) is 8.07. The van der Waals surface area contributed by atoms with E-state index in [4.69, 9.17) is 4.28 Å². The second kappa shape index (κ2) is 3.95. The number of nitrogens with one attached hydrogen (secondary N) is 1. The SMILES string of the molecule is Fc1ccc2sc(CC3=NOSN3)cc2c1. The first kappa shape index (κ1) is 9.92. The van der Waals surface area contributed by atoms with Crippen LogP contribution in [0.4, 0.5) is 4.39 Å². The standard InChI is InChI=1S/C10H7FN2OS2/c11-7-1-2-9-6(3-7)4-8(15-9)5-10-12-14-16-13-10/h1-4H,5H2,(H,12,13). The molecule has 0 atom stereocenters. The summed E-state index contributed by atoms with van der Waals surface area (Å²) in [4.78, 5) is 1.14. The van der Waals surface area contributed by atoms with E-state index >= 15 is 0 Å². The minimum atomic E-state index is -0.202. The summed E-state index contributed by atoms with van der Waals surface area (Å²) < 4.78 is 21.8. The topological polar surface area (TPSA) is 33.6 Å². The second-order valence-electron chi connectivity index (χ2n) is 3.37. The van der Waals surface area contributed by atoms with Gasteiger partial charge < -0.3 is 0 Å². The van der Waals surface area contributed by atoms with E-state index < -0.39 is 0 Å². The molecule has 1 aromatic carbocycles. The molecule has 0 bridgehead atoms. The van der Waals surface area contributed by atoms with E-state index in [9.17, 15) is 4.39 Å². The Bertz CT molecular complexity index is 567. The third-order valence-electron chi connectivity index (χ3n) is 2.22. The minimum Gasteiger partial charge on any atom is -0.297 e. The average molecular weight is 254 g/mol. The molecule has 1 N–H and O–H groups in total. The first-order valence-corrected chi connectivity index (χ1v) is 6.20. The number of fused-ring (bicyclic) bond motifs is 1. The van der Waals surface area contributed by atoms with E-state index in [0.717, 1.165) is 33.0 Å². The van der Waals surface area contributed by atoms with E-state index in [1.54, 1.807) is 23.5 Å². The van der Waals surface area contributed by atoms with Crippen LogP contribution in [0.5, 0.6) is 0 Å². The Balaban J connectivity index is 1.92. The molecule has 2 heterocycles. The Hall–Kier alpha value is -1.27. The van der Waals surface area contributed by atoms with Crippen molar-refractivity contribution in [3.8, 4) is 0 Å². The molecule has 1 aliphatic heterocycles. The Morgan fingerprint density at radius 1 is 1.38 bits per heavy atom. The normalized spacial score (nSPS) is 14.7. The molecule has 0 radical (unpaired) electrons. The van der Waals surface area contributed by atoms with Crippen molar-refractivity contribution in [3.63, 3.8) is 0 Å². The molecule has 2 aromatic rings. The molecule has 0 aliphatic carbocycles. The van der Waals surface area contributed by atoms with Crippen LogP contribution in [-0.4, -0.2) is 5.84 Å². The number of rotatable bonds is 2. The Kier molecular flexibility index (Phi) is 2.45. The van der Waals surface area contributed by atoms with Crippen LogP contribution in [0, 0.1) is 5.82 Å². The summed E-state index contributed by atoms with van der Waals surface area (Å²) in [6, 6.07) is 6.81. The number of nitrogens with zero attached hydrogens (tertiary/aromatic N) is 1. The molecule has 82 valence electrons. The lowest BCUT2D eigenvalue weighted by Crippen LogP contribution is -2.12. The lowest BCUT2D eigenvalue weighted by atomic mass is 10.2. The van der Waals surface area contributed by atoms with E-state index in [-0.39, 0.29) is 5.82 Å². The van der Waals surface area contributed by atoms with Gasteiger partial charge in [-0.05, 0) is 29.7 Å². The summed E-state index contributed by atoms with van der Waals surface area (Å²) in [6.07, 6.45) is 0.688. The van der Waals surface area contributed by atoms with Gasteiger partial charge in [-0.1, -0.05) is 5.16 Å². The van der Waals surface area contributed by atoms with Crippen molar-refractivity contribution in [1.29, 1.82) is 0 Å². The lowest BCUT2D eigenvalue weighted by molar-refractivity contribution is 0.415. The number of hydrogen-bond donors (Lipinski definition) is 1. The van der Waals surface area contributed by atoms with Crippen molar-refractivity contribution >= 4 is 39.5 Å². The highest BCUT2D eigenvalue weighted by atomic mass is 32.2. The van der Waals surface area contributed by atoms with Gasteiger partial charge in [-0.3, -0.25) is 9.01 Å². The van der Waals surface area contributed by atoms with Gasteiger partial charge in [0.1, 0.15) is 5.82 Å². The van der Waals surface area contributed by atoms with Gasteiger partial charge in [-0.15, -0.1) is 11.3 Å². The zero-order valence-corrected chi connectivity index (χ0v) is 9.70. The molecule has 0 saturated heterocycles. The second-order valence-corrected chi connectivity index (χ2v) is 5.06. The van der Waals surface area contributed by atoms with E-state index in [1.807, 2.05) is 6.07 Å². The van der Waals surface area contributed by atoms with E-state index in [2.05, 4.69) is 9.88 Å². The quantitative estimate of drug-likeness (QED) is 0.660. The predicted molar refractivity (Wildman–Crippen MR) is 64.7 cm³/mol. The fourth-order valence-electron chi connectivity index (χ4n) is 1.54. The van der Waals surface area contributed by atoms with Crippen molar-refractivity contribution in [3.05, 3.63) is 35.0 Å². The third kappa shape index (κ3) is 1.85. The molecule has 3 nitrogen and oxygen atoms in total. The van der Waals surface area contributed by atoms with Crippen molar-refractivity contribution in [2.24, 2.45) is 5.16 Å². The fourth-order valence-corrected chi connectivity index (χ4v) is 2.96. The monoisotopic (exact) mass is 254 g/mol. The van der Waals surface area contributed by atoms with Gasteiger partial charge in [0.2, 0.25) is 12.2 Å². The minimum absolute atomic E-state index is 0.202. The molecular weight excluding hydrogens is 247 g/mol. The van der Waals surface area contributed by atoms with Crippen LogP contribution in [0.25, 0.3) is 10.1 Å². The largest absolute Gasteiger partial charge is 0.297 e. The lowest BCUT2D eigenvalue weighted by Gasteiger charge is -1.92. The Morgan fingerprint density at radius 3 is 3.12 bits per heavy atom. The molecule has 0 amide bonds. The zero-order chi connectivity index (χ0) is 11.0. The predicted octanol–water partition coefficient (Wildman–Crippen LogP) is 3.08. The highest BCUT2D eigenvalue weighted by Gasteiger charge is 2.11. The van der Waals surface area contributed by atoms with E-state index in [1.165, 1.54) is 6.07 Å². The van der Waals surface area contributed by atoms with Gasteiger partial charge >= 0.3 is 0 Å². The van der Waals surface area contributed by atoms with Crippen LogP contribution in [0.1, 0.15) is 4.88 Å². The van der Waals surface area contributed by atoms with Crippen molar-refractivity contribution in [2.45, 2.75) is 6.42 Å². The molecular formula is C10H7FN2OS2. The molecule has 6 heteroatoms. The first-order valence-electron chi connectivity index (χ1n) is 4.65. The molecule has 0 fully saturated rings. The Labute approximate surface area is 99.6 Å². The summed E-state index contributed by atoms with van der Waals surface area (Å²) in [6.45, 7) is 0. The van der Waals surface area contributed by atoms with Gasteiger partial charge in [-0.2, -0.15) is 0 Å². The van der Waals surface area contributed by atoms with Crippen LogP contribution >= 0.6 is 23.6 Å². The molecule has 1 aliphatic rings. The van der Waals surface area contributed by atoms with Crippen LogP contribution < -0.4 is 4.72 Å². The summed E-state index contributed by atoms with van der Waals surface area (Å²) in [5.41, 5.74) is 0. The maximum absolute atomic E-state index is 13.0. The smallest absolute Gasteiger partial charge is 0.208 e. The van der Waals surface area contributed by atoms with Gasteiger partial charge in [0, 0.05) is 16.0 Å². The number of benzene rings is 1. The van der Waals surface area contributed by atoms with Gasteiger partial charge in [0.25, 0.3) is 0 Å². The Morgan fingerprint density at radius 2 is 2.31 bits per heavy atom. The number of amidine groups is 1. The molecule has 3 rings (SSSR count). The summed E-state index contributed by atoms with van der Waals surface area (Å²) in [7, 11) is 0. The van der Waals surface area contributed by atoms with Crippen LogP contribution in [-0.2, 0) is 10.7 Å². The van der Waals surface area contributed by atoms with Gasteiger partial charge in [-0.25, -0.2) is 4.39 Å². The third-order valence-corrected chi connectivity index (χ3v) is 3.80. The fraction of sp³-hybridized carbons (Fsp3) is 0.100. The average Bonchev–Trinajstić information content (AvgIpc) is 2.86. The molecule has 0 spiro atoms. The summed E-state index contributed by atoms with van der Waals surface area (Å²) >= 11 is 2.74. The van der Waals surface area contributed by atoms with Gasteiger partial charge in [0.15, 0.2) is 5.84 Å². The van der Waals surface area contributed by atoms with Crippen LogP contribution in [0.3, 0.4) is 0 Å². The maximum Gasteiger partial charge on any atom is 0.208 e. The molecule has 0 saturated carbocycles. The van der Waals surface area contributed by atoms with E-state index in [0.29, 0.717) is 6.42 Å². The number of thiophene rings is 1. The van der Waals surface area contributed by atoms with Gasteiger partial charge in [0.05, 0.1) is 0 Å². The maximum atomic E-state index is 13.0. The summed E-state index contributed by atoms with van der Waals surface area (Å²) in [5, 5.41) is 4.76. The highest BCUT2D eigenvalue weighted by molar-refractivity contribution is 7.93. The molecule has 0 unspecified atom stereocenters. The van der Waals surface area contributed by atoms with Crippen molar-refractivity contribution < 1.29 is 8.67 Å². The van der Waals surface area contributed by atoms with Crippen molar-refractivity contribution in [2.75, 3.05) is 0 Å². The molecule has 1 aromatic heterocycles. The first-order chi connectivity index (χ1) is 7.81. The van der Waals surface area contributed by atoms with Crippen LogP contribution in [0.15, 0.2) is 29.4 Å². The van der Waals surface area contributed by atoms with Crippen LogP contribution in [0.2, 0.25) is 0 Å². The number of halogens is 1. The number of hydrogen-bond acceptors (Lipinski definition) is 5. The molecule has 16 heavy (non-hydrogen) atoms. The number of oxime groups is 1. The van der Waals surface area contributed by atoms with Crippen molar-refractivity contribution in [1.82, 2.24) is 4.72 Å². The summed E-state index contributed by atoms with van der Waals surface area (Å²) in [5.74, 6) is 0.587. The highest BCUT2D eigenvalue weighted by Crippen LogP contribution is 2.27.